The third-order valence-electron chi connectivity index (χ3n) is 1.06. The number of carbonyl (C=O) groups excluding carboxylic acids is 1. The highest BCUT2D eigenvalue weighted by Gasteiger charge is 2.40. The van der Waals surface area contributed by atoms with Crippen molar-refractivity contribution in [1.82, 2.24) is 5.32 Å². The molecule has 0 saturated carbocycles. The molecule has 0 aliphatic rings. The van der Waals surface area contributed by atoms with Crippen LogP contribution in [-0.2, 0) is 4.79 Å². The number of nitrogens with one attached hydrogen (secondary N) is 1. The molecule has 13 heavy (non-hydrogen) atoms. The van der Waals surface area contributed by atoms with Crippen molar-refractivity contribution >= 4 is 5.91 Å². The van der Waals surface area contributed by atoms with Gasteiger partial charge in [-0.25, -0.2) is 8.78 Å². The first-order chi connectivity index (χ1) is 5.69. The minimum Gasteiger partial charge on any atom is -0.342 e. The van der Waals surface area contributed by atoms with Crippen molar-refractivity contribution in [2.75, 3.05) is 13.1 Å². The fourth-order valence-electron chi connectivity index (χ4n) is 0.382. The highest BCUT2D eigenvalue weighted by Crippen LogP contribution is 2.15. The number of nitrogens with two attached hydrogens (primary N) is 1. The van der Waals surface area contributed by atoms with Crippen LogP contribution in [0.2, 0.25) is 0 Å². The predicted octanol–water partition coefficient (Wildman–Crippen LogP) is 0.259. The summed E-state index contributed by atoms with van der Waals surface area (Å²) in [7, 11) is 0. The molecule has 1 amide bonds. The SMILES string of the molecule is NCC(F)(F)CNC(=O)C(F)(F)F. The largest absolute Gasteiger partial charge is 0.471 e. The second kappa shape index (κ2) is 3.86. The average molecular weight is 206 g/mol. The first-order valence-electron chi connectivity index (χ1n) is 3.12. The maximum absolute atomic E-state index is 12.2. The second-order valence-electron chi connectivity index (χ2n) is 2.24. The zero-order valence-electron chi connectivity index (χ0n) is 6.29. The zero-order chi connectivity index (χ0) is 10.7. The molecular formula is C5H7F5N2O. The van der Waals surface area contributed by atoms with Gasteiger partial charge in [-0.1, -0.05) is 0 Å². The Morgan fingerprint density at radius 2 is 1.69 bits per heavy atom. The lowest BCUT2D eigenvalue weighted by Gasteiger charge is -2.15. The van der Waals surface area contributed by atoms with E-state index < -0.39 is 31.1 Å². The van der Waals surface area contributed by atoms with Crippen LogP contribution < -0.4 is 11.1 Å². The number of halogens is 5. The van der Waals surface area contributed by atoms with Crippen LogP contribution in [0, 0.1) is 0 Å². The first kappa shape index (κ1) is 12.1. The number of hydrogen-bond donors (Lipinski definition) is 2. The molecule has 0 unspecified atom stereocenters. The summed E-state index contributed by atoms with van der Waals surface area (Å²) in [5, 5.41) is 1.02. The molecular weight excluding hydrogens is 199 g/mol. The Hall–Kier alpha value is -0.920. The molecule has 0 spiro atoms. The van der Waals surface area contributed by atoms with Crippen molar-refractivity contribution in [2.45, 2.75) is 12.1 Å². The van der Waals surface area contributed by atoms with Gasteiger partial charge in [0.25, 0.3) is 5.92 Å². The number of hydrogen-bond acceptors (Lipinski definition) is 2. The number of rotatable bonds is 3. The highest BCUT2D eigenvalue weighted by atomic mass is 19.4. The Morgan fingerprint density at radius 3 is 2.00 bits per heavy atom. The molecule has 0 aromatic heterocycles. The molecule has 0 aromatic rings. The van der Waals surface area contributed by atoms with Crippen molar-refractivity contribution in [3.8, 4) is 0 Å². The van der Waals surface area contributed by atoms with Crippen LogP contribution >= 0.6 is 0 Å². The Labute approximate surface area is 70.1 Å². The monoisotopic (exact) mass is 206 g/mol. The fraction of sp³-hybridized carbons (Fsp3) is 0.800. The van der Waals surface area contributed by atoms with E-state index in [1.807, 2.05) is 0 Å². The van der Waals surface area contributed by atoms with Gasteiger partial charge in [0, 0.05) is 0 Å². The van der Waals surface area contributed by atoms with Gasteiger partial charge >= 0.3 is 12.1 Å². The minimum atomic E-state index is -5.15. The highest BCUT2D eigenvalue weighted by molar-refractivity contribution is 5.81. The molecule has 8 heteroatoms. The summed E-state index contributed by atoms with van der Waals surface area (Å²) in [6.07, 6.45) is -5.15. The number of amides is 1. The zero-order valence-corrected chi connectivity index (χ0v) is 6.29. The Bertz CT molecular complexity index is 190. The predicted molar refractivity (Wildman–Crippen MR) is 33.1 cm³/mol. The first-order valence-corrected chi connectivity index (χ1v) is 3.12. The van der Waals surface area contributed by atoms with Gasteiger partial charge in [-0.05, 0) is 0 Å². The molecule has 0 bridgehead atoms. The van der Waals surface area contributed by atoms with Gasteiger partial charge in [0.1, 0.15) is 0 Å². The molecule has 78 valence electrons. The summed E-state index contributed by atoms with van der Waals surface area (Å²) >= 11 is 0. The van der Waals surface area contributed by atoms with Crippen LogP contribution in [0.25, 0.3) is 0 Å². The van der Waals surface area contributed by atoms with E-state index in [1.165, 1.54) is 0 Å². The summed E-state index contributed by atoms with van der Waals surface area (Å²) in [6, 6.07) is 0. The van der Waals surface area contributed by atoms with Crippen molar-refractivity contribution in [3.63, 3.8) is 0 Å². The maximum Gasteiger partial charge on any atom is 0.471 e. The normalized spacial score (nSPS) is 12.8. The summed E-state index contributed by atoms with van der Waals surface area (Å²) in [6.45, 7) is -2.53. The molecule has 0 saturated heterocycles. The van der Waals surface area contributed by atoms with Gasteiger partial charge < -0.3 is 11.1 Å². The van der Waals surface area contributed by atoms with Gasteiger partial charge in [-0.3, -0.25) is 4.79 Å². The Morgan fingerprint density at radius 1 is 1.23 bits per heavy atom. The molecule has 0 atom stereocenters. The maximum atomic E-state index is 12.2. The molecule has 0 rings (SSSR count). The second-order valence-corrected chi connectivity index (χ2v) is 2.24. The van der Waals surface area contributed by atoms with Crippen LogP contribution in [0.15, 0.2) is 0 Å². The molecule has 3 nitrogen and oxygen atoms in total. The molecule has 0 aromatic carbocycles. The standard InChI is InChI=1S/C5H7F5N2O/c6-4(7,1-11)2-12-3(13)5(8,9)10/h1-2,11H2,(H,12,13). The van der Waals surface area contributed by atoms with Crippen LogP contribution in [0.1, 0.15) is 0 Å². The van der Waals surface area contributed by atoms with Crippen molar-refractivity contribution in [2.24, 2.45) is 5.73 Å². The fourth-order valence-corrected chi connectivity index (χ4v) is 0.382. The van der Waals surface area contributed by atoms with Crippen LogP contribution in [0.3, 0.4) is 0 Å². The molecule has 0 radical (unpaired) electrons. The lowest BCUT2D eigenvalue weighted by molar-refractivity contribution is -0.174. The smallest absolute Gasteiger partial charge is 0.342 e. The van der Waals surface area contributed by atoms with Gasteiger partial charge in [-0.15, -0.1) is 0 Å². The van der Waals surface area contributed by atoms with Crippen molar-refractivity contribution < 1.29 is 26.7 Å². The third-order valence-corrected chi connectivity index (χ3v) is 1.06. The number of carbonyl (C=O) groups is 1. The number of alkyl halides is 5. The van der Waals surface area contributed by atoms with E-state index in [4.69, 9.17) is 0 Å². The van der Waals surface area contributed by atoms with Crippen LogP contribution in [0.5, 0.6) is 0 Å². The summed E-state index contributed by atoms with van der Waals surface area (Å²) < 4.78 is 58.7. The Balaban J connectivity index is 3.98. The third kappa shape index (κ3) is 4.61. The van der Waals surface area contributed by atoms with Gasteiger partial charge in [-0.2, -0.15) is 13.2 Å². The average Bonchev–Trinajstić information content (AvgIpc) is 1.98. The van der Waals surface area contributed by atoms with E-state index in [2.05, 4.69) is 5.73 Å². The molecule has 3 N–H and O–H groups in total. The van der Waals surface area contributed by atoms with Crippen LogP contribution in [0.4, 0.5) is 22.0 Å². The lowest BCUT2D eigenvalue weighted by Crippen LogP contribution is -2.45. The van der Waals surface area contributed by atoms with E-state index in [0.717, 1.165) is 5.32 Å². The summed E-state index contributed by atoms with van der Waals surface area (Å²) in [5.41, 5.74) is 4.52. The van der Waals surface area contributed by atoms with E-state index in [1.54, 1.807) is 0 Å². The van der Waals surface area contributed by atoms with Gasteiger partial charge in [0.2, 0.25) is 0 Å². The van der Waals surface area contributed by atoms with E-state index >= 15 is 0 Å². The topological polar surface area (TPSA) is 55.1 Å². The van der Waals surface area contributed by atoms with Crippen molar-refractivity contribution in [1.29, 1.82) is 0 Å². The van der Waals surface area contributed by atoms with E-state index in [0.29, 0.717) is 0 Å². The lowest BCUT2D eigenvalue weighted by atomic mass is 10.3. The van der Waals surface area contributed by atoms with Gasteiger partial charge in [0.05, 0.1) is 13.1 Å². The molecule has 0 aliphatic heterocycles. The van der Waals surface area contributed by atoms with Crippen molar-refractivity contribution in [3.05, 3.63) is 0 Å². The summed E-state index contributed by atoms with van der Waals surface area (Å²) in [4.78, 5) is 10.0. The van der Waals surface area contributed by atoms with E-state index in [9.17, 15) is 26.7 Å². The molecule has 0 fully saturated rings. The molecule has 0 heterocycles. The quantitative estimate of drug-likeness (QED) is 0.650. The van der Waals surface area contributed by atoms with Crippen LogP contribution in [-0.4, -0.2) is 31.1 Å². The molecule has 0 aliphatic carbocycles. The summed E-state index contributed by atoms with van der Waals surface area (Å²) in [5.74, 6) is -5.92. The Kier molecular flexibility index (Phi) is 3.59. The van der Waals surface area contributed by atoms with E-state index in [-0.39, 0.29) is 0 Å². The van der Waals surface area contributed by atoms with Gasteiger partial charge in [0.15, 0.2) is 0 Å². The minimum absolute atomic E-state index is 1.02.